The molecular formula is C25H26N6O3. The van der Waals surface area contributed by atoms with E-state index in [1.54, 1.807) is 30.5 Å². The number of nitrogens with one attached hydrogen (secondary N) is 2. The molecule has 9 nitrogen and oxygen atoms in total. The van der Waals surface area contributed by atoms with E-state index in [-0.39, 0.29) is 5.56 Å². The number of aliphatic hydroxyl groups is 1. The first kappa shape index (κ1) is 23.2. The van der Waals surface area contributed by atoms with E-state index in [2.05, 4.69) is 43.7 Å². The Balaban J connectivity index is 1.50. The van der Waals surface area contributed by atoms with Crippen LogP contribution in [0.4, 0.5) is 23.0 Å². The molecule has 0 aliphatic carbocycles. The lowest BCUT2D eigenvalue weighted by Gasteiger charge is -2.28. The summed E-state index contributed by atoms with van der Waals surface area (Å²) in [6.07, 6.45) is 1.64. The molecule has 0 saturated carbocycles. The SMILES string of the molecule is CC(C)(O)C(=O)Nc1ccc(-c2ccnc(Nc3ccc(N4CCOCC4)cc3)n2)cc1C#N. The van der Waals surface area contributed by atoms with E-state index < -0.39 is 11.5 Å². The summed E-state index contributed by atoms with van der Waals surface area (Å²) in [5.74, 6) is -0.167. The van der Waals surface area contributed by atoms with Gasteiger partial charge in [-0.15, -0.1) is 0 Å². The molecule has 3 aromatic rings. The zero-order valence-corrected chi connectivity index (χ0v) is 19.1. The van der Waals surface area contributed by atoms with Crippen molar-refractivity contribution in [2.75, 3.05) is 41.8 Å². The van der Waals surface area contributed by atoms with Gasteiger partial charge in [-0.1, -0.05) is 6.07 Å². The van der Waals surface area contributed by atoms with Gasteiger partial charge in [0, 0.05) is 36.2 Å². The van der Waals surface area contributed by atoms with Crippen molar-refractivity contribution in [3.63, 3.8) is 0 Å². The molecule has 1 aromatic heterocycles. The van der Waals surface area contributed by atoms with Crippen LogP contribution >= 0.6 is 0 Å². The van der Waals surface area contributed by atoms with E-state index in [1.165, 1.54) is 13.8 Å². The van der Waals surface area contributed by atoms with E-state index in [9.17, 15) is 15.2 Å². The first-order chi connectivity index (χ1) is 16.3. The van der Waals surface area contributed by atoms with Gasteiger partial charge < -0.3 is 25.4 Å². The van der Waals surface area contributed by atoms with Crippen molar-refractivity contribution in [3.05, 3.63) is 60.3 Å². The number of nitriles is 1. The van der Waals surface area contributed by atoms with Crippen LogP contribution in [0.15, 0.2) is 54.7 Å². The van der Waals surface area contributed by atoms with Gasteiger partial charge in [0.1, 0.15) is 11.7 Å². The summed E-state index contributed by atoms with van der Waals surface area (Å²) < 4.78 is 5.41. The van der Waals surface area contributed by atoms with Crippen molar-refractivity contribution in [1.82, 2.24) is 9.97 Å². The molecule has 0 radical (unpaired) electrons. The Morgan fingerprint density at radius 2 is 1.88 bits per heavy atom. The van der Waals surface area contributed by atoms with Crippen molar-refractivity contribution in [2.24, 2.45) is 0 Å². The summed E-state index contributed by atoms with van der Waals surface area (Å²) in [5, 5.41) is 25.2. The molecule has 0 spiro atoms. The second-order valence-electron chi connectivity index (χ2n) is 8.42. The lowest BCUT2D eigenvalue weighted by molar-refractivity contribution is -0.130. The third-order valence-corrected chi connectivity index (χ3v) is 5.39. The fourth-order valence-corrected chi connectivity index (χ4v) is 3.47. The van der Waals surface area contributed by atoms with Gasteiger partial charge in [-0.3, -0.25) is 4.79 Å². The number of ether oxygens (including phenoxy) is 1. The molecule has 2 heterocycles. The van der Waals surface area contributed by atoms with Crippen molar-refractivity contribution in [1.29, 1.82) is 5.26 Å². The van der Waals surface area contributed by atoms with E-state index >= 15 is 0 Å². The van der Waals surface area contributed by atoms with Crippen LogP contribution in [0.2, 0.25) is 0 Å². The molecule has 0 unspecified atom stereocenters. The number of anilines is 4. The second-order valence-corrected chi connectivity index (χ2v) is 8.42. The quantitative estimate of drug-likeness (QED) is 0.514. The first-order valence-corrected chi connectivity index (χ1v) is 10.9. The van der Waals surface area contributed by atoms with E-state index in [0.29, 0.717) is 22.9 Å². The molecule has 1 amide bonds. The van der Waals surface area contributed by atoms with Crippen LogP contribution in [0.1, 0.15) is 19.4 Å². The van der Waals surface area contributed by atoms with Gasteiger partial charge in [0.05, 0.1) is 30.2 Å². The van der Waals surface area contributed by atoms with Gasteiger partial charge in [-0.05, 0) is 56.3 Å². The highest BCUT2D eigenvalue weighted by atomic mass is 16.5. The zero-order valence-electron chi connectivity index (χ0n) is 19.1. The predicted molar refractivity (Wildman–Crippen MR) is 130 cm³/mol. The summed E-state index contributed by atoms with van der Waals surface area (Å²) in [5.41, 5.74) is 2.36. The van der Waals surface area contributed by atoms with Crippen LogP contribution < -0.4 is 15.5 Å². The monoisotopic (exact) mass is 458 g/mol. The predicted octanol–water partition coefficient (Wildman–Crippen LogP) is 3.30. The molecule has 9 heteroatoms. The molecule has 0 atom stereocenters. The highest BCUT2D eigenvalue weighted by molar-refractivity contribution is 5.97. The zero-order chi connectivity index (χ0) is 24.1. The Bertz CT molecular complexity index is 1210. The van der Waals surface area contributed by atoms with E-state index in [1.807, 2.05) is 12.1 Å². The molecule has 4 rings (SSSR count). The van der Waals surface area contributed by atoms with E-state index in [4.69, 9.17) is 4.74 Å². The minimum atomic E-state index is -1.56. The smallest absolute Gasteiger partial charge is 0.255 e. The molecule has 3 N–H and O–H groups in total. The fourth-order valence-electron chi connectivity index (χ4n) is 3.47. The lowest BCUT2D eigenvalue weighted by atomic mass is 10.0. The number of benzene rings is 2. The maximum absolute atomic E-state index is 12.1. The van der Waals surface area contributed by atoms with Crippen molar-refractivity contribution in [3.8, 4) is 17.3 Å². The van der Waals surface area contributed by atoms with Gasteiger partial charge in [-0.25, -0.2) is 9.97 Å². The lowest BCUT2D eigenvalue weighted by Crippen LogP contribution is -2.36. The number of hydrogen-bond acceptors (Lipinski definition) is 8. The van der Waals surface area contributed by atoms with E-state index in [0.717, 1.165) is 37.7 Å². The molecule has 174 valence electrons. The van der Waals surface area contributed by atoms with Gasteiger partial charge in [0.15, 0.2) is 0 Å². The number of carbonyl (C=O) groups is 1. The molecule has 0 bridgehead atoms. The molecular weight excluding hydrogens is 432 g/mol. The largest absolute Gasteiger partial charge is 0.381 e. The minimum Gasteiger partial charge on any atom is -0.381 e. The molecule has 1 aliphatic rings. The van der Waals surface area contributed by atoms with Crippen LogP contribution in [0.3, 0.4) is 0 Å². The van der Waals surface area contributed by atoms with Crippen LogP contribution in [0.25, 0.3) is 11.3 Å². The number of carbonyl (C=O) groups excluding carboxylic acids is 1. The number of hydrogen-bond donors (Lipinski definition) is 3. The summed E-state index contributed by atoms with van der Waals surface area (Å²) in [7, 11) is 0. The highest BCUT2D eigenvalue weighted by Crippen LogP contribution is 2.26. The Morgan fingerprint density at radius 3 is 2.56 bits per heavy atom. The van der Waals surface area contributed by atoms with Crippen LogP contribution in [-0.2, 0) is 9.53 Å². The number of morpholine rings is 1. The fraction of sp³-hybridized carbons (Fsp3) is 0.280. The van der Waals surface area contributed by atoms with Gasteiger partial charge >= 0.3 is 0 Å². The normalized spacial score (nSPS) is 13.8. The van der Waals surface area contributed by atoms with Crippen molar-refractivity contribution < 1.29 is 14.6 Å². The standard InChI is InChI=1S/C25H26N6O3/c1-25(2,33)23(32)29-21-8-3-17(15-18(21)16-26)22-9-10-27-24(30-22)28-19-4-6-20(7-5-19)31-11-13-34-14-12-31/h3-10,15,33H,11-14H2,1-2H3,(H,29,32)(H,27,28,30). The van der Waals surface area contributed by atoms with Crippen LogP contribution in [0.5, 0.6) is 0 Å². The maximum Gasteiger partial charge on any atom is 0.255 e. The minimum absolute atomic E-state index is 0.266. The number of nitrogens with zero attached hydrogens (tertiary/aromatic N) is 4. The highest BCUT2D eigenvalue weighted by Gasteiger charge is 2.24. The molecule has 2 aromatic carbocycles. The van der Waals surface area contributed by atoms with Crippen LogP contribution in [-0.4, -0.2) is 52.9 Å². The van der Waals surface area contributed by atoms with Gasteiger partial charge in [0.25, 0.3) is 5.91 Å². The number of amides is 1. The van der Waals surface area contributed by atoms with Crippen molar-refractivity contribution >= 4 is 28.9 Å². The molecule has 1 fully saturated rings. The third-order valence-electron chi connectivity index (χ3n) is 5.39. The Labute approximate surface area is 198 Å². The first-order valence-electron chi connectivity index (χ1n) is 10.9. The Hall–Kier alpha value is -4.00. The summed E-state index contributed by atoms with van der Waals surface area (Å²) in [4.78, 5) is 23.2. The third kappa shape index (κ3) is 5.49. The average Bonchev–Trinajstić information content (AvgIpc) is 2.85. The number of aromatic nitrogens is 2. The molecule has 1 aliphatic heterocycles. The Morgan fingerprint density at radius 1 is 1.15 bits per heavy atom. The number of rotatable bonds is 6. The van der Waals surface area contributed by atoms with Gasteiger partial charge in [0.2, 0.25) is 5.95 Å². The van der Waals surface area contributed by atoms with Crippen LogP contribution in [0, 0.1) is 11.3 Å². The average molecular weight is 459 g/mol. The maximum atomic E-state index is 12.1. The van der Waals surface area contributed by atoms with Gasteiger partial charge in [-0.2, -0.15) is 5.26 Å². The second kappa shape index (κ2) is 9.87. The molecule has 1 saturated heterocycles. The topological polar surface area (TPSA) is 123 Å². The summed E-state index contributed by atoms with van der Waals surface area (Å²) in [6, 6.07) is 16.9. The molecule has 34 heavy (non-hydrogen) atoms. The van der Waals surface area contributed by atoms with Crippen molar-refractivity contribution in [2.45, 2.75) is 19.4 Å². The summed E-state index contributed by atoms with van der Waals surface area (Å²) in [6.45, 7) is 6.00. The Kier molecular flexibility index (Phi) is 6.72. The summed E-state index contributed by atoms with van der Waals surface area (Å²) >= 11 is 0.